The lowest BCUT2D eigenvalue weighted by Gasteiger charge is -2.04. The molecule has 2 heteroatoms. The van der Waals surface area contributed by atoms with Gasteiger partial charge in [0.1, 0.15) is 0 Å². The van der Waals surface area contributed by atoms with E-state index in [-0.39, 0.29) is 5.91 Å². The first-order valence-corrected chi connectivity index (χ1v) is 11.6. The van der Waals surface area contributed by atoms with Gasteiger partial charge in [0.2, 0.25) is 5.91 Å². The van der Waals surface area contributed by atoms with Gasteiger partial charge in [-0.1, -0.05) is 117 Å². The number of carbonyl (C=O) groups excluding carboxylic acids is 1. The van der Waals surface area contributed by atoms with Gasteiger partial charge in [0.15, 0.2) is 0 Å². The summed E-state index contributed by atoms with van der Waals surface area (Å²) < 4.78 is 0. The standard InChI is InChI=1S/C23H47NO/c1-3-5-6-7-8-9-10-11-12-13-14-15-16-17-18-19-20-21-23(25)24-22-4-2/h3-22H2,1-2H3,(H,24,25). The van der Waals surface area contributed by atoms with E-state index < -0.39 is 0 Å². The van der Waals surface area contributed by atoms with Crippen molar-refractivity contribution in [2.45, 2.75) is 136 Å². The van der Waals surface area contributed by atoms with E-state index in [1.807, 2.05) is 0 Å². The summed E-state index contributed by atoms with van der Waals surface area (Å²) in [4.78, 5) is 11.5. The third kappa shape index (κ3) is 21.4. The van der Waals surface area contributed by atoms with Crippen molar-refractivity contribution in [3.63, 3.8) is 0 Å². The highest BCUT2D eigenvalue weighted by atomic mass is 16.1. The normalized spacial score (nSPS) is 11.0. The molecule has 0 saturated heterocycles. The van der Waals surface area contributed by atoms with Crippen LogP contribution in [0.5, 0.6) is 0 Å². The highest BCUT2D eigenvalue weighted by Gasteiger charge is 1.99. The van der Waals surface area contributed by atoms with Crippen LogP contribution >= 0.6 is 0 Å². The summed E-state index contributed by atoms with van der Waals surface area (Å²) in [6, 6.07) is 0. The Labute approximate surface area is 158 Å². The largest absolute Gasteiger partial charge is 0.356 e. The number of hydrogen-bond acceptors (Lipinski definition) is 1. The smallest absolute Gasteiger partial charge is 0.219 e. The fourth-order valence-electron chi connectivity index (χ4n) is 3.36. The van der Waals surface area contributed by atoms with Crippen molar-refractivity contribution in [2.75, 3.05) is 6.54 Å². The predicted molar refractivity (Wildman–Crippen MR) is 112 cm³/mol. The molecule has 0 radical (unpaired) electrons. The molecule has 0 bridgehead atoms. The summed E-state index contributed by atoms with van der Waals surface area (Å²) >= 11 is 0. The zero-order valence-electron chi connectivity index (χ0n) is 17.6. The molecule has 0 aromatic carbocycles. The van der Waals surface area contributed by atoms with Crippen LogP contribution in [0.1, 0.15) is 136 Å². The molecule has 0 aliphatic heterocycles. The van der Waals surface area contributed by atoms with E-state index in [4.69, 9.17) is 0 Å². The molecular weight excluding hydrogens is 306 g/mol. The zero-order chi connectivity index (χ0) is 18.4. The van der Waals surface area contributed by atoms with Crippen LogP contribution in [0, 0.1) is 0 Å². The van der Waals surface area contributed by atoms with E-state index in [0.29, 0.717) is 0 Å². The van der Waals surface area contributed by atoms with Crippen molar-refractivity contribution in [3.05, 3.63) is 0 Å². The van der Waals surface area contributed by atoms with Gasteiger partial charge in [0, 0.05) is 13.0 Å². The van der Waals surface area contributed by atoms with Crippen LogP contribution in [0.3, 0.4) is 0 Å². The average molecular weight is 354 g/mol. The van der Waals surface area contributed by atoms with Gasteiger partial charge in [-0.05, 0) is 12.8 Å². The molecule has 150 valence electrons. The molecule has 0 atom stereocenters. The highest BCUT2D eigenvalue weighted by molar-refractivity contribution is 5.75. The van der Waals surface area contributed by atoms with Crippen LogP contribution < -0.4 is 5.32 Å². The van der Waals surface area contributed by atoms with E-state index in [1.54, 1.807) is 0 Å². The molecule has 0 aromatic rings. The van der Waals surface area contributed by atoms with Gasteiger partial charge < -0.3 is 5.32 Å². The quantitative estimate of drug-likeness (QED) is 0.225. The van der Waals surface area contributed by atoms with Gasteiger partial charge in [0.25, 0.3) is 0 Å². The van der Waals surface area contributed by atoms with Gasteiger partial charge in [-0.2, -0.15) is 0 Å². The maximum atomic E-state index is 11.5. The van der Waals surface area contributed by atoms with Crippen molar-refractivity contribution in [3.8, 4) is 0 Å². The van der Waals surface area contributed by atoms with Crippen molar-refractivity contribution in [2.24, 2.45) is 0 Å². The number of carbonyl (C=O) groups is 1. The first-order valence-electron chi connectivity index (χ1n) is 11.6. The summed E-state index contributed by atoms with van der Waals surface area (Å²) in [5, 5.41) is 2.95. The minimum absolute atomic E-state index is 0.239. The molecule has 0 spiro atoms. The molecule has 0 aliphatic carbocycles. The molecule has 0 rings (SSSR count). The maximum Gasteiger partial charge on any atom is 0.219 e. The van der Waals surface area contributed by atoms with Crippen LogP contribution in [0.15, 0.2) is 0 Å². The minimum Gasteiger partial charge on any atom is -0.356 e. The number of nitrogens with one attached hydrogen (secondary N) is 1. The topological polar surface area (TPSA) is 29.1 Å². The summed E-state index contributed by atoms with van der Waals surface area (Å²) in [5.74, 6) is 0.239. The van der Waals surface area contributed by atoms with Crippen LogP contribution in [-0.2, 0) is 4.79 Å². The first kappa shape index (κ1) is 24.5. The Kier molecular flexibility index (Phi) is 21.1. The number of hydrogen-bond donors (Lipinski definition) is 1. The van der Waals surface area contributed by atoms with Gasteiger partial charge in [-0.3, -0.25) is 4.79 Å². The molecular formula is C23H47NO. The van der Waals surface area contributed by atoms with Crippen molar-refractivity contribution in [1.29, 1.82) is 0 Å². The second-order valence-electron chi connectivity index (χ2n) is 7.76. The van der Waals surface area contributed by atoms with E-state index in [1.165, 1.54) is 103 Å². The van der Waals surface area contributed by atoms with Gasteiger partial charge in [-0.15, -0.1) is 0 Å². The number of unbranched alkanes of at least 4 members (excludes halogenated alkanes) is 16. The summed E-state index contributed by atoms with van der Waals surface area (Å²) in [6.07, 6.45) is 25.3. The third-order valence-electron chi connectivity index (χ3n) is 5.08. The number of rotatable bonds is 20. The van der Waals surface area contributed by atoms with Gasteiger partial charge >= 0.3 is 0 Å². The zero-order valence-corrected chi connectivity index (χ0v) is 17.6. The summed E-state index contributed by atoms with van der Waals surface area (Å²) in [5.41, 5.74) is 0. The molecule has 0 aromatic heterocycles. The molecule has 2 nitrogen and oxygen atoms in total. The number of amides is 1. The van der Waals surface area contributed by atoms with Gasteiger partial charge in [-0.25, -0.2) is 0 Å². The molecule has 0 saturated carbocycles. The molecule has 0 heterocycles. The fraction of sp³-hybridized carbons (Fsp3) is 0.957. The molecule has 0 fully saturated rings. The van der Waals surface area contributed by atoms with Crippen molar-refractivity contribution >= 4 is 5.91 Å². The SMILES string of the molecule is CCCCCCCCCCCCCCCCCCCC(=O)NCCC. The lowest BCUT2D eigenvalue weighted by atomic mass is 10.0. The van der Waals surface area contributed by atoms with Crippen molar-refractivity contribution in [1.82, 2.24) is 5.32 Å². The van der Waals surface area contributed by atoms with Crippen LogP contribution in [0.25, 0.3) is 0 Å². The Morgan fingerprint density at radius 2 is 0.880 bits per heavy atom. The lowest BCUT2D eigenvalue weighted by Crippen LogP contribution is -2.23. The maximum absolute atomic E-state index is 11.5. The second kappa shape index (κ2) is 21.5. The van der Waals surface area contributed by atoms with E-state index in [9.17, 15) is 4.79 Å². The van der Waals surface area contributed by atoms with Gasteiger partial charge in [0.05, 0.1) is 0 Å². The lowest BCUT2D eigenvalue weighted by molar-refractivity contribution is -0.121. The third-order valence-corrected chi connectivity index (χ3v) is 5.08. The summed E-state index contributed by atoms with van der Waals surface area (Å²) in [7, 11) is 0. The predicted octanol–water partition coefficient (Wildman–Crippen LogP) is 7.55. The Hall–Kier alpha value is -0.530. The monoisotopic (exact) mass is 353 g/mol. The Bertz CT molecular complexity index is 265. The van der Waals surface area contributed by atoms with E-state index in [2.05, 4.69) is 19.2 Å². The Morgan fingerprint density at radius 1 is 0.520 bits per heavy atom. The molecule has 25 heavy (non-hydrogen) atoms. The molecule has 1 amide bonds. The molecule has 0 unspecified atom stereocenters. The van der Waals surface area contributed by atoms with Crippen LogP contribution in [0.4, 0.5) is 0 Å². The fourth-order valence-corrected chi connectivity index (χ4v) is 3.36. The highest BCUT2D eigenvalue weighted by Crippen LogP contribution is 2.14. The van der Waals surface area contributed by atoms with Crippen molar-refractivity contribution < 1.29 is 4.79 Å². The Balaban J connectivity index is 3.04. The minimum atomic E-state index is 0.239. The first-order chi connectivity index (χ1) is 12.3. The molecule has 0 aliphatic rings. The van der Waals surface area contributed by atoms with Crippen LogP contribution in [-0.4, -0.2) is 12.5 Å². The Morgan fingerprint density at radius 3 is 1.24 bits per heavy atom. The average Bonchev–Trinajstić information content (AvgIpc) is 2.62. The van der Waals surface area contributed by atoms with E-state index in [0.717, 1.165) is 25.8 Å². The van der Waals surface area contributed by atoms with E-state index >= 15 is 0 Å². The summed E-state index contributed by atoms with van der Waals surface area (Å²) in [6.45, 7) is 5.21. The molecule has 1 N–H and O–H groups in total. The second-order valence-corrected chi connectivity index (χ2v) is 7.76. The van der Waals surface area contributed by atoms with Crippen LogP contribution in [0.2, 0.25) is 0 Å².